The lowest BCUT2D eigenvalue weighted by atomic mass is 9.83. The summed E-state index contributed by atoms with van der Waals surface area (Å²) in [7, 11) is 0. The van der Waals surface area contributed by atoms with E-state index in [1.165, 1.54) is 35.1 Å². The van der Waals surface area contributed by atoms with E-state index in [4.69, 9.17) is 0 Å². The van der Waals surface area contributed by atoms with E-state index in [2.05, 4.69) is 42.5 Å². The standard InChI is InChI=1S/C14H11/c1-2-5-11(6-3-1)13-8-4-7-12-9-10-14(12)13/h1-6,8H,9-10H2. The smallest absolute Gasteiger partial charge is 0.0146 e. The zero-order valence-electron chi connectivity index (χ0n) is 7.96. The van der Waals surface area contributed by atoms with Crippen molar-refractivity contribution < 1.29 is 0 Å². The van der Waals surface area contributed by atoms with Crippen molar-refractivity contribution in [3.05, 3.63) is 59.7 Å². The molecule has 0 aliphatic heterocycles. The highest BCUT2D eigenvalue weighted by Crippen LogP contribution is 2.32. The van der Waals surface area contributed by atoms with E-state index in [0.717, 1.165) is 0 Å². The van der Waals surface area contributed by atoms with Gasteiger partial charge < -0.3 is 0 Å². The predicted molar refractivity (Wildman–Crippen MR) is 58.1 cm³/mol. The van der Waals surface area contributed by atoms with E-state index in [-0.39, 0.29) is 0 Å². The van der Waals surface area contributed by atoms with E-state index in [0.29, 0.717) is 0 Å². The minimum Gasteiger partial charge on any atom is -0.0622 e. The highest BCUT2D eigenvalue weighted by molar-refractivity contribution is 5.70. The number of fused-ring (bicyclic) bond motifs is 1. The van der Waals surface area contributed by atoms with Crippen LogP contribution in [0.5, 0.6) is 0 Å². The molecular formula is C14H11. The van der Waals surface area contributed by atoms with Crippen LogP contribution in [0.3, 0.4) is 0 Å². The number of hydrogen-bond donors (Lipinski definition) is 0. The fourth-order valence-corrected chi connectivity index (χ4v) is 2.05. The summed E-state index contributed by atoms with van der Waals surface area (Å²) in [5, 5.41) is 0. The van der Waals surface area contributed by atoms with Gasteiger partial charge in [-0.25, -0.2) is 0 Å². The first kappa shape index (κ1) is 7.81. The van der Waals surface area contributed by atoms with E-state index in [9.17, 15) is 0 Å². The van der Waals surface area contributed by atoms with Crippen molar-refractivity contribution in [3.8, 4) is 11.1 Å². The van der Waals surface area contributed by atoms with E-state index in [1.54, 1.807) is 0 Å². The number of hydrogen-bond acceptors (Lipinski definition) is 0. The largest absolute Gasteiger partial charge is 0.0622 e. The third-order valence-electron chi connectivity index (χ3n) is 2.91. The van der Waals surface area contributed by atoms with Crippen LogP contribution in [0.15, 0.2) is 42.5 Å². The first-order chi connectivity index (χ1) is 6.95. The van der Waals surface area contributed by atoms with Gasteiger partial charge in [0.2, 0.25) is 0 Å². The van der Waals surface area contributed by atoms with Crippen molar-refractivity contribution in [2.24, 2.45) is 0 Å². The molecule has 0 heterocycles. The molecule has 1 radical (unpaired) electrons. The summed E-state index contributed by atoms with van der Waals surface area (Å²) in [6.45, 7) is 0. The quantitative estimate of drug-likeness (QED) is 0.630. The third-order valence-corrected chi connectivity index (χ3v) is 2.91. The summed E-state index contributed by atoms with van der Waals surface area (Å²) in [5.74, 6) is 0. The van der Waals surface area contributed by atoms with E-state index >= 15 is 0 Å². The third kappa shape index (κ3) is 1.07. The zero-order chi connectivity index (χ0) is 9.38. The van der Waals surface area contributed by atoms with Crippen molar-refractivity contribution in [1.82, 2.24) is 0 Å². The number of aryl methyl sites for hydroxylation is 1. The maximum atomic E-state index is 3.30. The van der Waals surface area contributed by atoms with Crippen molar-refractivity contribution in [3.63, 3.8) is 0 Å². The fourth-order valence-electron chi connectivity index (χ4n) is 2.05. The molecule has 1 aliphatic rings. The van der Waals surface area contributed by atoms with Crippen molar-refractivity contribution in [2.45, 2.75) is 12.8 Å². The molecular weight excluding hydrogens is 168 g/mol. The number of rotatable bonds is 1. The second-order valence-electron chi connectivity index (χ2n) is 3.71. The van der Waals surface area contributed by atoms with Gasteiger partial charge in [-0.3, -0.25) is 0 Å². The molecule has 0 unspecified atom stereocenters. The molecule has 0 N–H and O–H groups in total. The molecule has 14 heavy (non-hydrogen) atoms. The van der Waals surface area contributed by atoms with Gasteiger partial charge in [-0.15, -0.1) is 0 Å². The molecule has 0 heteroatoms. The Morgan fingerprint density at radius 3 is 2.50 bits per heavy atom. The summed E-state index contributed by atoms with van der Waals surface area (Å²) >= 11 is 0. The zero-order valence-corrected chi connectivity index (χ0v) is 7.96. The average Bonchev–Trinajstić information content (AvgIpc) is 2.21. The molecule has 0 spiro atoms. The van der Waals surface area contributed by atoms with Gasteiger partial charge in [-0.1, -0.05) is 42.5 Å². The minimum atomic E-state index is 1.20. The first-order valence-electron chi connectivity index (χ1n) is 5.03. The monoisotopic (exact) mass is 179 g/mol. The van der Waals surface area contributed by atoms with Gasteiger partial charge in [0.15, 0.2) is 0 Å². The van der Waals surface area contributed by atoms with Crippen molar-refractivity contribution >= 4 is 0 Å². The molecule has 0 nitrogen and oxygen atoms in total. The molecule has 0 amide bonds. The van der Waals surface area contributed by atoms with E-state index < -0.39 is 0 Å². The molecule has 3 rings (SSSR count). The van der Waals surface area contributed by atoms with Crippen LogP contribution in [0.4, 0.5) is 0 Å². The lowest BCUT2D eigenvalue weighted by molar-refractivity contribution is 0.840. The Bertz CT molecular complexity index is 455. The minimum absolute atomic E-state index is 1.20. The van der Waals surface area contributed by atoms with Gasteiger partial charge in [0.05, 0.1) is 0 Å². The second-order valence-corrected chi connectivity index (χ2v) is 3.71. The van der Waals surface area contributed by atoms with Crippen LogP contribution in [0.2, 0.25) is 0 Å². The van der Waals surface area contributed by atoms with Gasteiger partial charge in [0, 0.05) is 0 Å². The Balaban J connectivity index is 2.18. The number of benzene rings is 2. The van der Waals surface area contributed by atoms with E-state index in [1.807, 2.05) is 6.07 Å². The summed E-state index contributed by atoms with van der Waals surface area (Å²) in [4.78, 5) is 0. The fraction of sp³-hybridized carbons (Fsp3) is 0.143. The molecule has 0 saturated carbocycles. The Morgan fingerprint density at radius 2 is 1.79 bits per heavy atom. The second kappa shape index (κ2) is 2.98. The summed E-state index contributed by atoms with van der Waals surface area (Å²) in [6, 6.07) is 18.1. The van der Waals surface area contributed by atoms with Crippen molar-refractivity contribution in [2.75, 3.05) is 0 Å². The molecule has 67 valence electrons. The molecule has 0 bridgehead atoms. The van der Waals surface area contributed by atoms with Gasteiger partial charge in [0.1, 0.15) is 0 Å². The maximum Gasteiger partial charge on any atom is -0.0146 e. The molecule has 0 aromatic heterocycles. The summed E-state index contributed by atoms with van der Waals surface area (Å²) in [5.41, 5.74) is 5.63. The van der Waals surface area contributed by atoms with Crippen molar-refractivity contribution in [1.29, 1.82) is 0 Å². The normalized spacial score (nSPS) is 13.1. The Hall–Kier alpha value is -1.56. The van der Waals surface area contributed by atoms with Gasteiger partial charge in [0.25, 0.3) is 0 Å². The molecule has 0 fully saturated rings. The van der Waals surface area contributed by atoms with Crippen LogP contribution >= 0.6 is 0 Å². The first-order valence-corrected chi connectivity index (χ1v) is 5.03. The van der Waals surface area contributed by atoms with Crippen LogP contribution in [0.25, 0.3) is 11.1 Å². The van der Waals surface area contributed by atoms with Crippen LogP contribution in [-0.2, 0) is 12.8 Å². The predicted octanol–water partition coefficient (Wildman–Crippen LogP) is 3.25. The van der Waals surface area contributed by atoms with Crippen LogP contribution in [0, 0.1) is 6.07 Å². The van der Waals surface area contributed by atoms with Crippen LogP contribution in [0.1, 0.15) is 11.1 Å². The van der Waals surface area contributed by atoms with Gasteiger partial charge in [-0.2, -0.15) is 0 Å². The van der Waals surface area contributed by atoms with Crippen LogP contribution in [-0.4, -0.2) is 0 Å². The van der Waals surface area contributed by atoms with Crippen LogP contribution < -0.4 is 0 Å². The SMILES string of the molecule is [c]1ccc(-c2ccccc2)c2c1CC2. The highest BCUT2D eigenvalue weighted by Gasteiger charge is 2.16. The highest BCUT2D eigenvalue weighted by atomic mass is 14.2. The molecule has 1 aliphatic carbocycles. The summed E-state index contributed by atoms with van der Waals surface area (Å²) in [6.07, 6.45) is 2.42. The lowest BCUT2D eigenvalue weighted by Crippen LogP contribution is -2.09. The summed E-state index contributed by atoms with van der Waals surface area (Å²) < 4.78 is 0. The van der Waals surface area contributed by atoms with Gasteiger partial charge >= 0.3 is 0 Å². The lowest BCUT2D eigenvalue weighted by Gasteiger charge is -2.22. The Morgan fingerprint density at radius 1 is 0.929 bits per heavy atom. The molecule has 2 aromatic rings. The average molecular weight is 179 g/mol. The molecule has 2 aromatic carbocycles. The topological polar surface area (TPSA) is 0 Å². The Kier molecular flexibility index (Phi) is 1.66. The maximum absolute atomic E-state index is 3.30. The Labute approximate surface area is 84.2 Å². The molecule has 0 saturated heterocycles. The molecule has 0 atom stereocenters. The van der Waals surface area contributed by atoms with Gasteiger partial charge in [-0.05, 0) is 41.2 Å².